The molecule has 1 aliphatic heterocycles. The van der Waals surface area contributed by atoms with Gasteiger partial charge in [-0.1, -0.05) is 36.4 Å². The number of thioether (sulfide) groups is 1. The lowest BCUT2D eigenvalue weighted by Gasteiger charge is -2.14. The molecule has 0 spiro atoms. The van der Waals surface area contributed by atoms with Crippen LogP contribution in [0.25, 0.3) is 6.08 Å². The zero-order chi connectivity index (χ0) is 29.4. The fraction of sp³-hybridized carbons (Fsp3) is 0.200. The third-order valence-corrected chi connectivity index (χ3v) is 6.81. The Hall–Kier alpha value is -4.77. The summed E-state index contributed by atoms with van der Waals surface area (Å²) in [7, 11) is 1.45. The van der Waals surface area contributed by atoms with E-state index in [4.69, 9.17) is 14.2 Å². The Labute approximate surface area is 241 Å². The Morgan fingerprint density at radius 1 is 0.878 bits per heavy atom. The second kappa shape index (κ2) is 13.5. The number of nitrogens with one attached hydrogen (secondary N) is 2. The average molecular weight is 576 g/mol. The van der Waals surface area contributed by atoms with Crippen molar-refractivity contribution in [3.8, 4) is 17.2 Å². The van der Waals surface area contributed by atoms with Crippen LogP contribution in [0.3, 0.4) is 0 Å². The monoisotopic (exact) mass is 575 g/mol. The number of aryl methyl sites for hydroxylation is 1. The minimum atomic E-state index is -0.566. The molecule has 1 fully saturated rings. The number of carbonyl (C=O) groups is 4. The van der Waals surface area contributed by atoms with E-state index >= 15 is 0 Å². The third kappa shape index (κ3) is 7.46. The number of hydrogen-bond donors (Lipinski definition) is 2. The van der Waals surface area contributed by atoms with Gasteiger partial charge in [0.15, 0.2) is 18.1 Å². The van der Waals surface area contributed by atoms with Gasteiger partial charge in [0.1, 0.15) is 12.3 Å². The van der Waals surface area contributed by atoms with Crippen LogP contribution in [-0.4, -0.2) is 54.7 Å². The molecule has 4 rings (SSSR count). The molecule has 0 unspecified atom stereocenters. The molecule has 0 aromatic heterocycles. The summed E-state index contributed by atoms with van der Waals surface area (Å²) in [4.78, 5) is 51.5. The largest absolute Gasteiger partial charge is 0.493 e. The Kier molecular flexibility index (Phi) is 9.64. The first kappa shape index (κ1) is 29.2. The molecule has 0 radical (unpaired) electrons. The molecular formula is C30H29N3O7S. The van der Waals surface area contributed by atoms with E-state index in [0.29, 0.717) is 40.8 Å². The van der Waals surface area contributed by atoms with Crippen molar-refractivity contribution in [1.29, 1.82) is 0 Å². The van der Waals surface area contributed by atoms with E-state index in [1.807, 2.05) is 32.0 Å². The van der Waals surface area contributed by atoms with Gasteiger partial charge >= 0.3 is 0 Å². The van der Waals surface area contributed by atoms with E-state index in [2.05, 4.69) is 10.6 Å². The van der Waals surface area contributed by atoms with Crippen molar-refractivity contribution in [2.75, 3.05) is 37.5 Å². The van der Waals surface area contributed by atoms with Crippen molar-refractivity contribution in [3.05, 3.63) is 82.8 Å². The van der Waals surface area contributed by atoms with Crippen LogP contribution >= 0.6 is 11.8 Å². The first-order valence-corrected chi connectivity index (χ1v) is 13.5. The van der Waals surface area contributed by atoms with E-state index < -0.39 is 23.6 Å². The van der Waals surface area contributed by atoms with Gasteiger partial charge in [-0.2, -0.15) is 0 Å². The molecule has 0 atom stereocenters. The van der Waals surface area contributed by atoms with Gasteiger partial charge in [0.25, 0.3) is 17.1 Å². The van der Waals surface area contributed by atoms with Crippen molar-refractivity contribution >= 4 is 52.2 Å². The van der Waals surface area contributed by atoms with Crippen molar-refractivity contribution in [1.82, 2.24) is 4.90 Å². The van der Waals surface area contributed by atoms with E-state index in [-0.39, 0.29) is 17.4 Å². The molecule has 1 aliphatic rings. The number of ether oxygens (including phenoxy) is 3. The molecule has 0 saturated carbocycles. The van der Waals surface area contributed by atoms with Gasteiger partial charge in [-0.3, -0.25) is 24.1 Å². The second-order valence-corrected chi connectivity index (χ2v) is 9.80. The Bertz CT molecular complexity index is 1500. The summed E-state index contributed by atoms with van der Waals surface area (Å²) in [5, 5.41) is 4.95. The topological polar surface area (TPSA) is 123 Å². The predicted octanol–water partition coefficient (Wildman–Crippen LogP) is 5.09. The SMILES string of the molecule is CCOc1ccccc1NC(=O)COc1ccc(/C=C2/SC(=O)N(CC(=O)Nc3ccccc3C)C2=O)cc1OC. The van der Waals surface area contributed by atoms with Gasteiger partial charge < -0.3 is 24.8 Å². The van der Waals surface area contributed by atoms with Crippen molar-refractivity contribution in [2.24, 2.45) is 0 Å². The third-order valence-electron chi connectivity index (χ3n) is 5.90. The van der Waals surface area contributed by atoms with Gasteiger partial charge in [-0.15, -0.1) is 0 Å². The Morgan fingerprint density at radius 3 is 2.32 bits per heavy atom. The van der Waals surface area contributed by atoms with Gasteiger partial charge in [0.2, 0.25) is 5.91 Å². The fourth-order valence-corrected chi connectivity index (χ4v) is 4.75. The summed E-state index contributed by atoms with van der Waals surface area (Å²) in [5.41, 5.74) is 2.58. The minimum Gasteiger partial charge on any atom is -0.493 e. The number of amides is 4. The number of imide groups is 1. The Morgan fingerprint density at radius 2 is 1.59 bits per heavy atom. The number of nitrogens with zero attached hydrogens (tertiary/aromatic N) is 1. The number of hydrogen-bond acceptors (Lipinski definition) is 8. The van der Waals surface area contributed by atoms with Crippen LogP contribution in [-0.2, 0) is 14.4 Å². The first-order valence-electron chi connectivity index (χ1n) is 12.7. The van der Waals surface area contributed by atoms with E-state index in [0.717, 1.165) is 22.2 Å². The van der Waals surface area contributed by atoms with Crippen LogP contribution in [0.2, 0.25) is 0 Å². The summed E-state index contributed by atoms with van der Waals surface area (Å²) >= 11 is 0.749. The smallest absolute Gasteiger partial charge is 0.294 e. The standard InChI is InChI=1S/C30H29N3O7S/c1-4-39-23-12-8-7-11-22(23)32-28(35)18-40-24-14-13-20(15-25(24)38-3)16-26-29(36)33(30(37)41-26)17-27(34)31-21-10-6-5-9-19(21)2/h5-16H,4,17-18H2,1-3H3,(H,31,34)(H,32,35)/b26-16+. The fourth-order valence-electron chi connectivity index (χ4n) is 3.91. The maximum Gasteiger partial charge on any atom is 0.294 e. The molecule has 3 aromatic rings. The van der Waals surface area contributed by atoms with Crippen molar-refractivity contribution in [2.45, 2.75) is 13.8 Å². The molecule has 10 nitrogen and oxygen atoms in total. The van der Waals surface area contributed by atoms with Crippen LogP contribution in [0.1, 0.15) is 18.1 Å². The molecule has 41 heavy (non-hydrogen) atoms. The predicted molar refractivity (Wildman–Crippen MR) is 157 cm³/mol. The highest BCUT2D eigenvalue weighted by molar-refractivity contribution is 8.18. The number of carbonyl (C=O) groups excluding carboxylic acids is 4. The zero-order valence-corrected chi connectivity index (χ0v) is 23.6. The first-order chi connectivity index (χ1) is 19.8. The summed E-state index contributed by atoms with van der Waals surface area (Å²) in [6.45, 7) is 3.49. The highest BCUT2D eigenvalue weighted by Gasteiger charge is 2.36. The maximum atomic E-state index is 12.9. The van der Waals surface area contributed by atoms with E-state index in [1.165, 1.54) is 13.2 Å². The summed E-state index contributed by atoms with van der Waals surface area (Å²) < 4.78 is 16.6. The number of para-hydroxylation sites is 3. The molecule has 1 heterocycles. The molecule has 1 saturated heterocycles. The van der Waals surface area contributed by atoms with Crippen LogP contribution < -0.4 is 24.8 Å². The van der Waals surface area contributed by atoms with Gasteiger partial charge in [-0.25, -0.2) is 0 Å². The quantitative estimate of drug-likeness (QED) is 0.303. The maximum absolute atomic E-state index is 12.9. The lowest BCUT2D eigenvalue weighted by Crippen LogP contribution is -2.36. The second-order valence-electron chi connectivity index (χ2n) is 8.81. The van der Waals surface area contributed by atoms with Gasteiger partial charge in [0.05, 0.1) is 24.3 Å². The molecule has 0 bridgehead atoms. The van der Waals surface area contributed by atoms with Crippen LogP contribution in [0, 0.1) is 6.92 Å². The van der Waals surface area contributed by atoms with Crippen molar-refractivity contribution < 1.29 is 33.4 Å². The van der Waals surface area contributed by atoms with Gasteiger partial charge in [0, 0.05) is 5.69 Å². The molecule has 11 heteroatoms. The lowest BCUT2D eigenvalue weighted by molar-refractivity contribution is -0.127. The average Bonchev–Trinajstić information content (AvgIpc) is 3.21. The number of anilines is 2. The summed E-state index contributed by atoms with van der Waals surface area (Å²) in [6.07, 6.45) is 1.54. The molecule has 212 valence electrons. The number of benzene rings is 3. The summed E-state index contributed by atoms with van der Waals surface area (Å²) in [5.74, 6) is -0.221. The number of methoxy groups -OCH3 is 1. The van der Waals surface area contributed by atoms with E-state index in [9.17, 15) is 19.2 Å². The summed E-state index contributed by atoms with van der Waals surface area (Å²) in [6, 6.07) is 19.2. The molecule has 2 N–H and O–H groups in total. The van der Waals surface area contributed by atoms with Crippen LogP contribution in [0.4, 0.5) is 16.2 Å². The molecule has 3 aromatic carbocycles. The zero-order valence-electron chi connectivity index (χ0n) is 22.8. The van der Waals surface area contributed by atoms with Gasteiger partial charge in [-0.05, 0) is 73.1 Å². The van der Waals surface area contributed by atoms with Crippen LogP contribution in [0.5, 0.6) is 17.2 Å². The molecular weight excluding hydrogens is 546 g/mol. The lowest BCUT2D eigenvalue weighted by atomic mass is 10.2. The van der Waals surface area contributed by atoms with E-state index in [1.54, 1.807) is 48.5 Å². The highest BCUT2D eigenvalue weighted by atomic mass is 32.2. The normalized spacial score (nSPS) is 13.7. The Balaban J connectivity index is 1.38. The molecule has 4 amide bonds. The van der Waals surface area contributed by atoms with Crippen molar-refractivity contribution in [3.63, 3.8) is 0 Å². The van der Waals surface area contributed by atoms with Crippen LogP contribution in [0.15, 0.2) is 71.6 Å². The molecule has 0 aliphatic carbocycles. The highest BCUT2D eigenvalue weighted by Crippen LogP contribution is 2.34. The minimum absolute atomic E-state index is 0.168. The number of rotatable bonds is 11.